The van der Waals surface area contributed by atoms with Crippen LogP contribution in [0.3, 0.4) is 0 Å². The number of hydrogen-bond acceptors (Lipinski definition) is 4. The molecular weight excluding hydrogens is 308 g/mol. The molecule has 0 aliphatic rings. The predicted molar refractivity (Wildman–Crippen MR) is 92.5 cm³/mol. The Bertz CT molecular complexity index is 908. The van der Waals surface area contributed by atoms with Crippen molar-refractivity contribution < 1.29 is 8.42 Å². The molecule has 0 amide bonds. The normalized spacial score (nSPS) is 11.1. The van der Waals surface area contributed by atoms with E-state index < -0.39 is 9.84 Å². The van der Waals surface area contributed by atoms with Gasteiger partial charge in [0.05, 0.1) is 15.5 Å². The Morgan fingerprint density at radius 3 is 2.04 bits per heavy atom. The minimum Gasteiger partial charge on any atom is -0.399 e. The fourth-order valence-corrected chi connectivity index (χ4v) is 3.74. The van der Waals surface area contributed by atoms with Crippen molar-refractivity contribution in [3.8, 4) is 0 Å². The number of benzene rings is 3. The molecule has 4 nitrogen and oxygen atoms in total. The third kappa shape index (κ3) is 3.19. The second-order valence-corrected chi connectivity index (χ2v) is 6.98. The maximum atomic E-state index is 12.9. The van der Waals surface area contributed by atoms with Gasteiger partial charge in [0.15, 0.2) is 0 Å². The molecule has 0 spiro atoms. The van der Waals surface area contributed by atoms with E-state index >= 15 is 0 Å². The zero-order valence-corrected chi connectivity index (χ0v) is 13.1. The van der Waals surface area contributed by atoms with Crippen molar-refractivity contribution in [3.63, 3.8) is 0 Å². The van der Waals surface area contributed by atoms with Gasteiger partial charge < -0.3 is 11.1 Å². The molecule has 3 rings (SSSR count). The Kier molecular flexibility index (Phi) is 4.04. The molecule has 0 radical (unpaired) electrons. The van der Waals surface area contributed by atoms with Crippen LogP contribution in [0.5, 0.6) is 0 Å². The van der Waals surface area contributed by atoms with E-state index in [1.54, 1.807) is 42.5 Å². The summed E-state index contributed by atoms with van der Waals surface area (Å²) in [6.45, 7) is 0. The van der Waals surface area contributed by atoms with Crippen LogP contribution in [0.25, 0.3) is 0 Å². The molecule has 3 aromatic rings. The van der Waals surface area contributed by atoms with Gasteiger partial charge in [0.25, 0.3) is 0 Å². The summed E-state index contributed by atoms with van der Waals surface area (Å²) in [5.41, 5.74) is 7.51. The molecule has 0 saturated carbocycles. The van der Waals surface area contributed by atoms with Gasteiger partial charge in [-0.2, -0.15) is 0 Å². The second-order valence-electron chi connectivity index (χ2n) is 5.06. The predicted octanol–water partition coefficient (Wildman–Crippen LogP) is 3.85. The summed E-state index contributed by atoms with van der Waals surface area (Å²) >= 11 is 0. The number of rotatable bonds is 4. The van der Waals surface area contributed by atoms with Crippen molar-refractivity contribution in [2.45, 2.75) is 9.79 Å². The zero-order valence-electron chi connectivity index (χ0n) is 12.3. The van der Waals surface area contributed by atoms with Crippen molar-refractivity contribution in [1.29, 1.82) is 0 Å². The van der Waals surface area contributed by atoms with Crippen molar-refractivity contribution in [3.05, 3.63) is 78.9 Å². The lowest BCUT2D eigenvalue weighted by molar-refractivity contribution is 0.596. The van der Waals surface area contributed by atoms with Gasteiger partial charge in [-0.05, 0) is 42.5 Å². The standard InChI is InChI=1S/C18H16N2O2S/c19-14-11-12-17(20-15-7-3-1-4-8-15)18(13-14)23(21,22)16-9-5-2-6-10-16/h1-13,20H,19H2. The van der Waals surface area contributed by atoms with Gasteiger partial charge in [-0.1, -0.05) is 36.4 Å². The van der Waals surface area contributed by atoms with E-state index in [9.17, 15) is 8.42 Å². The van der Waals surface area contributed by atoms with Gasteiger partial charge in [-0.3, -0.25) is 0 Å². The highest BCUT2D eigenvalue weighted by atomic mass is 32.2. The molecule has 0 atom stereocenters. The Morgan fingerprint density at radius 2 is 1.39 bits per heavy atom. The molecule has 3 N–H and O–H groups in total. The highest BCUT2D eigenvalue weighted by Crippen LogP contribution is 2.31. The molecule has 5 heteroatoms. The van der Waals surface area contributed by atoms with E-state index in [0.29, 0.717) is 11.4 Å². The highest BCUT2D eigenvalue weighted by Gasteiger charge is 2.21. The van der Waals surface area contributed by atoms with Crippen LogP contribution in [0.1, 0.15) is 0 Å². The molecule has 0 bridgehead atoms. The zero-order chi connectivity index (χ0) is 16.3. The van der Waals surface area contributed by atoms with E-state index in [2.05, 4.69) is 5.32 Å². The van der Waals surface area contributed by atoms with E-state index in [0.717, 1.165) is 5.69 Å². The summed E-state index contributed by atoms with van der Waals surface area (Å²) in [4.78, 5) is 0.397. The Balaban J connectivity index is 2.10. The van der Waals surface area contributed by atoms with Crippen LogP contribution >= 0.6 is 0 Å². The number of nitrogens with two attached hydrogens (primary N) is 1. The van der Waals surface area contributed by atoms with Crippen molar-refractivity contribution >= 4 is 26.9 Å². The van der Waals surface area contributed by atoms with Gasteiger partial charge >= 0.3 is 0 Å². The summed E-state index contributed by atoms with van der Waals surface area (Å²) in [5.74, 6) is 0. The molecule has 0 aliphatic carbocycles. The molecule has 0 aromatic heterocycles. The van der Waals surface area contributed by atoms with E-state index in [-0.39, 0.29) is 9.79 Å². The second kappa shape index (κ2) is 6.14. The molecule has 0 aliphatic heterocycles. The smallest absolute Gasteiger partial charge is 0.208 e. The Labute approximate surface area is 135 Å². The summed E-state index contributed by atoms with van der Waals surface area (Å²) in [6, 6.07) is 22.6. The maximum Gasteiger partial charge on any atom is 0.208 e. The SMILES string of the molecule is Nc1ccc(Nc2ccccc2)c(S(=O)(=O)c2ccccc2)c1. The molecule has 0 heterocycles. The largest absolute Gasteiger partial charge is 0.399 e. The lowest BCUT2D eigenvalue weighted by Crippen LogP contribution is -2.06. The first kappa shape index (κ1) is 15.1. The molecule has 0 unspecified atom stereocenters. The summed E-state index contributed by atoms with van der Waals surface area (Å²) < 4.78 is 25.8. The lowest BCUT2D eigenvalue weighted by Gasteiger charge is -2.13. The van der Waals surface area contributed by atoms with Crippen molar-refractivity contribution in [2.75, 3.05) is 11.1 Å². The van der Waals surface area contributed by atoms with Gasteiger partial charge in [0.1, 0.15) is 0 Å². The van der Waals surface area contributed by atoms with Gasteiger partial charge in [-0.15, -0.1) is 0 Å². The first-order chi connectivity index (χ1) is 11.1. The van der Waals surface area contributed by atoms with E-state index in [1.165, 1.54) is 6.07 Å². The number of nitrogen functional groups attached to an aromatic ring is 1. The average Bonchev–Trinajstić information content (AvgIpc) is 2.58. The number of nitrogens with one attached hydrogen (secondary N) is 1. The summed E-state index contributed by atoms with van der Waals surface area (Å²) in [6.07, 6.45) is 0. The quantitative estimate of drug-likeness (QED) is 0.715. The van der Waals surface area contributed by atoms with Crippen LogP contribution in [0, 0.1) is 0 Å². The van der Waals surface area contributed by atoms with Crippen LogP contribution in [-0.2, 0) is 9.84 Å². The third-order valence-electron chi connectivity index (χ3n) is 3.40. The lowest BCUT2D eigenvalue weighted by atomic mass is 10.2. The van der Waals surface area contributed by atoms with Crippen LogP contribution < -0.4 is 11.1 Å². The number of para-hydroxylation sites is 1. The van der Waals surface area contributed by atoms with Crippen LogP contribution in [0.4, 0.5) is 17.1 Å². The molecule has 0 fully saturated rings. The van der Waals surface area contributed by atoms with Crippen molar-refractivity contribution in [1.82, 2.24) is 0 Å². The molecule has 3 aromatic carbocycles. The first-order valence-corrected chi connectivity index (χ1v) is 8.57. The Morgan fingerprint density at radius 1 is 0.783 bits per heavy atom. The number of hydrogen-bond donors (Lipinski definition) is 2. The Hall–Kier alpha value is -2.79. The summed E-state index contributed by atoms with van der Waals surface area (Å²) in [5, 5.41) is 3.14. The monoisotopic (exact) mass is 324 g/mol. The van der Waals surface area contributed by atoms with Crippen LogP contribution in [0.15, 0.2) is 88.7 Å². The maximum absolute atomic E-state index is 12.9. The fraction of sp³-hybridized carbons (Fsp3) is 0. The number of sulfone groups is 1. The topological polar surface area (TPSA) is 72.2 Å². The van der Waals surface area contributed by atoms with E-state index in [4.69, 9.17) is 5.73 Å². The summed E-state index contributed by atoms with van der Waals surface area (Å²) in [7, 11) is -3.65. The number of anilines is 3. The average molecular weight is 324 g/mol. The molecular formula is C18H16N2O2S. The van der Waals surface area contributed by atoms with Crippen LogP contribution in [0.2, 0.25) is 0 Å². The minimum atomic E-state index is -3.65. The van der Waals surface area contributed by atoms with Crippen molar-refractivity contribution in [2.24, 2.45) is 0 Å². The fourth-order valence-electron chi connectivity index (χ4n) is 2.27. The van der Waals surface area contributed by atoms with Gasteiger partial charge in [-0.25, -0.2) is 8.42 Å². The van der Waals surface area contributed by atoms with Gasteiger partial charge in [0, 0.05) is 11.4 Å². The van der Waals surface area contributed by atoms with Gasteiger partial charge in [0.2, 0.25) is 9.84 Å². The highest BCUT2D eigenvalue weighted by molar-refractivity contribution is 7.91. The molecule has 23 heavy (non-hydrogen) atoms. The van der Waals surface area contributed by atoms with E-state index in [1.807, 2.05) is 30.3 Å². The van der Waals surface area contributed by atoms with Crippen LogP contribution in [-0.4, -0.2) is 8.42 Å². The third-order valence-corrected chi connectivity index (χ3v) is 5.21. The minimum absolute atomic E-state index is 0.160. The first-order valence-electron chi connectivity index (χ1n) is 7.09. The molecule has 0 saturated heterocycles. The molecule has 116 valence electrons.